The minimum atomic E-state index is -0.431. The average molecular weight is 331 g/mol. The molecule has 0 radical (unpaired) electrons. The predicted octanol–water partition coefficient (Wildman–Crippen LogP) is 2.86. The molecule has 0 bridgehead atoms. The Morgan fingerprint density at radius 1 is 1.05 bits per heavy atom. The molecule has 0 unspecified atom stereocenters. The number of hydrogen-bond acceptors (Lipinski definition) is 2. The van der Waals surface area contributed by atoms with Gasteiger partial charge < -0.3 is 10.6 Å². The lowest BCUT2D eigenvalue weighted by Gasteiger charge is -2.45. The second-order valence-electron chi connectivity index (χ2n) is 4.97. The average Bonchev–Trinajstić information content (AvgIpc) is 2.49. The Morgan fingerprint density at radius 3 is 2.35 bits per heavy atom. The highest BCUT2D eigenvalue weighted by atomic mass is 79.9. The van der Waals surface area contributed by atoms with Gasteiger partial charge in [-0.3, -0.25) is 4.79 Å². The zero-order valence-electron chi connectivity index (χ0n) is 10.9. The van der Waals surface area contributed by atoms with Gasteiger partial charge >= 0.3 is 0 Å². The van der Waals surface area contributed by atoms with Gasteiger partial charge in [0.15, 0.2) is 0 Å². The van der Waals surface area contributed by atoms with E-state index < -0.39 is 6.04 Å². The molecule has 4 heteroatoms. The van der Waals surface area contributed by atoms with E-state index >= 15 is 0 Å². The van der Waals surface area contributed by atoms with Crippen LogP contribution in [0.4, 0.5) is 0 Å². The molecule has 2 aromatic rings. The van der Waals surface area contributed by atoms with E-state index in [1.165, 1.54) is 0 Å². The lowest BCUT2D eigenvalue weighted by Crippen LogP contribution is -2.62. The van der Waals surface area contributed by atoms with Crippen LogP contribution in [0, 0.1) is 0 Å². The SMILES string of the molecule is N[C@@H]1C(=O)N(Cc2ccccc2)[C@@H]1c1ccc(Br)cc1. The zero-order valence-corrected chi connectivity index (χ0v) is 12.5. The largest absolute Gasteiger partial charge is 0.328 e. The maximum Gasteiger partial charge on any atom is 0.242 e. The van der Waals surface area contributed by atoms with E-state index in [9.17, 15) is 4.79 Å². The maximum atomic E-state index is 12.0. The fraction of sp³-hybridized carbons (Fsp3) is 0.188. The van der Waals surface area contributed by atoms with Crippen molar-refractivity contribution in [2.75, 3.05) is 0 Å². The summed E-state index contributed by atoms with van der Waals surface area (Å²) >= 11 is 3.42. The van der Waals surface area contributed by atoms with Gasteiger partial charge in [-0.25, -0.2) is 0 Å². The van der Waals surface area contributed by atoms with Crippen molar-refractivity contribution < 1.29 is 4.79 Å². The third-order valence-electron chi connectivity index (χ3n) is 3.65. The molecule has 2 aromatic carbocycles. The number of nitrogens with two attached hydrogens (primary N) is 1. The van der Waals surface area contributed by atoms with E-state index in [4.69, 9.17) is 5.73 Å². The Hall–Kier alpha value is -1.65. The fourth-order valence-electron chi connectivity index (χ4n) is 2.58. The number of nitrogens with zero attached hydrogens (tertiary/aromatic N) is 1. The molecular weight excluding hydrogens is 316 g/mol. The van der Waals surface area contributed by atoms with Crippen LogP contribution in [-0.4, -0.2) is 16.8 Å². The van der Waals surface area contributed by atoms with Crippen LogP contribution in [0.25, 0.3) is 0 Å². The van der Waals surface area contributed by atoms with Gasteiger partial charge in [0.25, 0.3) is 0 Å². The molecule has 1 saturated heterocycles. The van der Waals surface area contributed by atoms with E-state index in [1.54, 1.807) is 0 Å². The normalized spacial score (nSPS) is 21.7. The quantitative estimate of drug-likeness (QED) is 0.879. The van der Waals surface area contributed by atoms with E-state index in [1.807, 2.05) is 59.5 Å². The summed E-state index contributed by atoms with van der Waals surface area (Å²) in [6, 6.07) is 17.5. The highest BCUT2D eigenvalue weighted by Gasteiger charge is 2.45. The van der Waals surface area contributed by atoms with Crippen molar-refractivity contribution in [2.45, 2.75) is 18.6 Å². The van der Waals surface area contributed by atoms with E-state index in [0.29, 0.717) is 6.54 Å². The van der Waals surface area contributed by atoms with Gasteiger partial charge in [-0.15, -0.1) is 0 Å². The summed E-state index contributed by atoms with van der Waals surface area (Å²) in [5.74, 6) is 0.0155. The highest BCUT2D eigenvalue weighted by Crippen LogP contribution is 2.35. The number of rotatable bonds is 3. The van der Waals surface area contributed by atoms with Crippen LogP contribution >= 0.6 is 15.9 Å². The van der Waals surface area contributed by atoms with Gasteiger partial charge in [0, 0.05) is 11.0 Å². The van der Waals surface area contributed by atoms with Crippen LogP contribution in [-0.2, 0) is 11.3 Å². The molecule has 102 valence electrons. The lowest BCUT2D eigenvalue weighted by atomic mass is 9.88. The van der Waals surface area contributed by atoms with Gasteiger partial charge in [-0.1, -0.05) is 58.4 Å². The van der Waals surface area contributed by atoms with E-state index in [0.717, 1.165) is 15.6 Å². The molecule has 20 heavy (non-hydrogen) atoms. The van der Waals surface area contributed by atoms with E-state index in [2.05, 4.69) is 15.9 Å². The first kappa shape index (κ1) is 13.3. The topological polar surface area (TPSA) is 46.3 Å². The molecule has 0 saturated carbocycles. The minimum absolute atomic E-state index is 0.0155. The molecule has 3 nitrogen and oxygen atoms in total. The van der Waals surface area contributed by atoms with Gasteiger partial charge in [0.1, 0.15) is 6.04 Å². The molecule has 3 rings (SSSR count). The zero-order chi connectivity index (χ0) is 14.1. The molecule has 1 amide bonds. The third kappa shape index (κ3) is 2.37. The Balaban J connectivity index is 1.82. The monoisotopic (exact) mass is 330 g/mol. The van der Waals surface area contributed by atoms with Gasteiger partial charge in [-0.05, 0) is 23.3 Å². The number of carbonyl (C=O) groups excluding carboxylic acids is 1. The van der Waals surface area contributed by atoms with Gasteiger partial charge in [0.2, 0.25) is 5.91 Å². The van der Waals surface area contributed by atoms with Crippen molar-refractivity contribution in [1.82, 2.24) is 4.90 Å². The number of carbonyl (C=O) groups is 1. The number of amides is 1. The van der Waals surface area contributed by atoms with Crippen molar-refractivity contribution in [3.63, 3.8) is 0 Å². The molecular formula is C16H15BrN2O. The van der Waals surface area contributed by atoms with E-state index in [-0.39, 0.29) is 11.9 Å². The van der Waals surface area contributed by atoms with Gasteiger partial charge in [0.05, 0.1) is 6.04 Å². The molecule has 0 aliphatic carbocycles. The Morgan fingerprint density at radius 2 is 1.70 bits per heavy atom. The number of halogens is 1. The third-order valence-corrected chi connectivity index (χ3v) is 4.18. The summed E-state index contributed by atoms with van der Waals surface area (Å²) in [6.45, 7) is 0.605. The first-order valence-electron chi connectivity index (χ1n) is 6.52. The maximum absolute atomic E-state index is 12.0. The predicted molar refractivity (Wildman–Crippen MR) is 81.9 cm³/mol. The van der Waals surface area contributed by atoms with Crippen molar-refractivity contribution in [1.29, 1.82) is 0 Å². The summed E-state index contributed by atoms with van der Waals surface area (Å²) < 4.78 is 1.02. The van der Waals surface area contributed by atoms with Crippen LogP contribution in [0.1, 0.15) is 17.2 Å². The lowest BCUT2D eigenvalue weighted by molar-refractivity contribution is -0.150. The Kier molecular flexibility index (Phi) is 3.59. The molecule has 1 fully saturated rings. The summed E-state index contributed by atoms with van der Waals surface area (Å²) in [6.07, 6.45) is 0. The number of likely N-dealkylation sites (tertiary alicyclic amines) is 1. The molecule has 1 aliphatic heterocycles. The number of hydrogen-bond donors (Lipinski definition) is 1. The molecule has 1 aliphatic rings. The van der Waals surface area contributed by atoms with Crippen LogP contribution in [0.2, 0.25) is 0 Å². The van der Waals surface area contributed by atoms with Crippen LogP contribution in [0.5, 0.6) is 0 Å². The molecule has 0 spiro atoms. The summed E-state index contributed by atoms with van der Waals surface area (Å²) in [5.41, 5.74) is 8.18. The van der Waals surface area contributed by atoms with Crippen molar-refractivity contribution in [2.24, 2.45) is 5.73 Å². The van der Waals surface area contributed by atoms with Crippen LogP contribution < -0.4 is 5.73 Å². The first-order valence-corrected chi connectivity index (χ1v) is 7.31. The Bertz CT molecular complexity index is 612. The van der Waals surface area contributed by atoms with Crippen molar-refractivity contribution in [3.05, 3.63) is 70.2 Å². The minimum Gasteiger partial charge on any atom is -0.328 e. The second-order valence-corrected chi connectivity index (χ2v) is 5.89. The Labute approximate surface area is 126 Å². The van der Waals surface area contributed by atoms with Crippen LogP contribution in [0.3, 0.4) is 0 Å². The van der Waals surface area contributed by atoms with Crippen molar-refractivity contribution in [3.8, 4) is 0 Å². The number of benzene rings is 2. The summed E-state index contributed by atoms with van der Waals surface area (Å²) in [4.78, 5) is 13.8. The fourth-order valence-corrected chi connectivity index (χ4v) is 2.84. The van der Waals surface area contributed by atoms with Crippen LogP contribution in [0.15, 0.2) is 59.1 Å². The molecule has 2 N–H and O–H groups in total. The molecule has 0 aromatic heterocycles. The first-order chi connectivity index (χ1) is 9.66. The van der Waals surface area contributed by atoms with Crippen molar-refractivity contribution >= 4 is 21.8 Å². The smallest absolute Gasteiger partial charge is 0.242 e. The standard InChI is InChI=1S/C16H15BrN2O/c17-13-8-6-12(7-9-13)15-14(18)16(20)19(15)10-11-4-2-1-3-5-11/h1-9,14-15H,10,18H2/t14-,15+/m0/s1. The summed E-state index contributed by atoms with van der Waals surface area (Å²) in [7, 11) is 0. The molecule has 1 heterocycles. The number of β-lactam (4-membered cyclic amide) rings is 1. The summed E-state index contributed by atoms with van der Waals surface area (Å²) in [5, 5.41) is 0. The van der Waals surface area contributed by atoms with Gasteiger partial charge in [-0.2, -0.15) is 0 Å². The molecule has 2 atom stereocenters. The second kappa shape index (κ2) is 5.38. The highest BCUT2D eigenvalue weighted by molar-refractivity contribution is 9.10.